The third-order valence-corrected chi connectivity index (χ3v) is 3.78. The summed E-state index contributed by atoms with van der Waals surface area (Å²) in [5.74, 6) is 0.966. The van der Waals surface area contributed by atoms with Crippen LogP contribution in [-0.4, -0.2) is 16.4 Å². The first kappa shape index (κ1) is 12.5. The van der Waals surface area contributed by atoms with Crippen LogP contribution in [0, 0.1) is 0 Å². The van der Waals surface area contributed by atoms with E-state index in [2.05, 4.69) is 38.5 Å². The number of aromatic nitrogens is 2. The summed E-state index contributed by atoms with van der Waals surface area (Å²) in [5, 5.41) is 7.73. The quantitative estimate of drug-likeness (QED) is 0.920. The number of hydrogen-bond acceptors (Lipinski definition) is 3. The van der Waals surface area contributed by atoms with Gasteiger partial charge in [0.05, 0.1) is 24.5 Å². The van der Waals surface area contributed by atoms with E-state index < -0.39 is 0 Å². The number of anilines is 1. The molecule has 19 heavy (non-hydrogen) atoms. The van der Waals surface area contributed by atoms with Crippen LogP contribution in [0.4, 0.5) is 5.69 Å². The Hall–Kier alpha value is -1.49. The number of nitrogens with one attached hydrogen (secondary N) is 1. The van der Waals surface area contributed by atoms with Gasteiger partial charge in [0.2, 0.25) is 0 Å². The van der Waals surface area contributed by atoms with Gasteiger partial charge in [0, 0.05) is 23.3 Å². The van der Waals surface area contributed by atoms with E-state index in [1.165, 1.54) is 5.56 Å². The number of nitrogens with zero attached hydrogens (tertiary/aromatic N) is 2. The van der Waals surface area contributed by atoms with Crippen molar-refractivity contribution in [3.8, 4) is 5.75 Å². The molecule has 1 unspecified atom stereocenters. The second-order valence-electron chi connectivity index (χ2n) is 4.77. The Morgan fingerprint density at radius 2 is 2.37 bits per heavy atom. The topological polar surface area (TPSA) is 39.1 Å². The molecule has 3 rings (SSSR count). The van der Waals surface area contributed by atoms with Gasteiger partial charge in [-0.1, -0.05) is 22.0 Å². The zero-order valence-electron chi connectivity index (χ0n) is 10.8. The van der Waals surface area contributed by atoms with Crippen LogP contribution >= 0.6 is 15.9 Å². The summed E-state index contributed by atoms with van der Waals surface area (Å²) >= 11 is 3.49. The third-order valence-electron chi connectivity index (χ3n) is 3.29. The fourth-order valence-electron chi connectivity index (χ4n) is 2.39. The molecule has 0 radical (unpaired) electrons. The van der Waals surface area contributed by atoms with Crippen molar-refractivity contribution in [2.24, 2.45) is 7.05 Å². The Balaban J connectivity index is 1.89. The highest BCUT2D eigenvalue weighted by molar-refractivity contribution is 9.10. The number of hydrogen-bond donors (Lipinski definition) is 1. The van der Waals surface area contributed by atoms with Crippen LogP contribution in [0.3, 0.4) is 0 Å². The van der Waals surface area contributed by atoms with Crippen LogP contribution in [0.25, 0.3) is 0 Å². The Labute approximate surface area is 120 Å². The molecule has 0 amide bonds. The smallest absolute Gasteiger partial charge is 0.125 e. The lowest BCUT2D eigenvalue weighted by molar-refractivity contribution is 0.316. The average Bonchev–Trinajstić information content (AvgIpc) is 2.68. The number of rotatable bonds is 2. The molecule has 0 spiro atoms. The highest BCUT2D eigenvalue weighted by Gasteiger charge is 2.20. The molecule has 100 valence electrons. The molecule has 2 aromatic rings. The number of halogens is 1. The molecule has 1 N–H and O–H groups in total. The molecule has 1 atom stereocenters. The second kappa shape index (κ2) is 5.25. The minimum absolute atomic E-state index is 0.273. The third kappa shape index (κ3) is 2.76. The first-order chi connectivity index (χ1) is 9.22. The van der Waals surface area contributed by atoms with Gasteiger partial charge in [-0.25, -0.2) is 0 Å². The van der Waals surface area contributed by atoms with Gasteiger partial charge in [0.15, 0.2) is 0 Å². The fourth-order valence-corrected chi connectivity index (χ4v) is 2.73. The minimum atomic E-state index is 0.273. The van der Waals surface area contributed by atoms with Crippen molar-refractivity contribution >= 4 is 21.6 Å². The standard InChI is InChI=1S/C14H16BrN3O/c1-18-9-11(8-16-18)17-13-3-2-6-19-14-7-10(15)4-5-12(13)14/h4-5,7-9,13,17H,2-3,6H2,1H3. The van der Waals surface area contributed by atoms with Crippen LogP contribution in [-0.2, 0) is 7.05 Å². The summed E-state index contributed by atoms with van der Waals surface area (Å²) in [6.45, 7) is 0.772. The van der Waals surface area contributed by atoms with Crippen LogP contribution in [0.5, 0.6) is 5.75 Å². The lowest BCUT2D eigenvalue weighted by atomic mass is 10.0. The molecule has 5 heteroatoms. The maximum atomic E-state index is 5.81. The van der Waals surface area contributed by atoms with E-state index in [-0.39, 0.29) is 6.04 Å². The van der Waals surface area contributed by atoms with E-state index in [4.69, 9.17) is 4.74 Å². The molecule has 0 saturated carbocycles. The van der Waals surface area contributed by atoms with Crippen molar-refractivity contribution in [1.82, 2.24) is 9.78 Å². The van der Waals surface area contributed by atoms with Gasteiger partial charge in [0.1, 0.15) is 5.75 Å². The summed E-state index contributed by atoms with van der Waals surface area (Å²) in [7, 11) is 1.92. The highest BCUT2D eigenvalue weighted by Crippen LogP contribution is 2.35. The molecular formula is C14H16BrN3O. The van der Waals surface area contributed by atoms with Crippen molar-refractivity contribution in [3.05, 3.63) is 40.6 Å². The van der Waals surface area contributed by atoms with Crippen LogP contribution in [0.1, 0.15) is 24.4 Å². The largest absolute Gasteiger partial charge is 0.493 e. The predicted molar refractivity (Wildman–Crippen MR) is 78.4 cm³/mol. The molecule has 1 aliphatic rings. The molecule has 0 aliphatic carbocycles. The SMILES string of the molecule is Cn1cc(NC2CCCOc3cc(Br)ccc32)cn1. The van der Waals surface area contributed by atoms with E-state index in [1.807, 2.05) is 25.5 Å². The maximum absolute atomic E-state index is 5.81. The molecule has 2 heterocycles. The highest BCUT2D eigenvalue weighted by atomic mass is 79.9. The summed E-state index contributed by atoms with van der Waals surface area (Å²) in [6.07, 6.45) is 5.95. The van der Waals surface area contributed by atoms with Crippen molar-refractivity contribution in [3.63, 3.8) is 0 Å². The molecule has 1 aromatic carbocycles. The van der Waals surface area contributed by atoms with Crippen molar-refractivity contribution in [2.75, 3.05) is 11.9 Å². The summed E-state index contributed by atoms with van der Waals surface area (Å²) in [6, 6.07) is 6.50. The molecule has 0 saturated heterocycles. The first-order valence-electron chi connectivity index (χ1n) is 6.40. The fraction of sp³-hybridized carbons (Fsp3) is 0.357. The zero-order chi connectivity index (χ0) is 13.2. The maximum Gasteiger partial charge on any atom is 0.125 e. The van der Waals surface area contributed by atoms with E-state index in [0.717, 1.165) is 35.4 Å². The van der Waals surface area contributed by atoms with Gasteiger partial charge in [-0.05, 0) is 25.0 Å². The van der Waals surface area contributed by atoms with Crippen molar-refractivity contribution in [2.45, 2.75) is 18.9 Å². The van der Waals surface area contributed by atoms with Crippen LogP contribution < -0.4 is 10.1 Å². The van der Waals surface area contributed by atoms with E-state index in [9.17, 15) is 0 Å². The van der Waals surface area contributed by atoms with Gasteiger partial charge >= 0.3 is 0 Å². The van der Waals surface area contributed by atoms with Gasteiger partial charge in [-0.3, -0.25) is 4.68 Å². The molecule has 0 bridgehead atoms. The Morgan fingerprint density at radius 3 is 3.16 bits per heavy atom. The van der Waals surface area contributed by atoms with Gasteiger partial charge in [-0.2, -0.15) is 5.10 Å². The first-order valence-corrected chi connectivity index (χ1v) is 7.19. The molecular weight excluding hydrogens is 306 g/mol. The van der Waals surface area contributed by atoms with Gasteiger partial charge < -0.3 is 10.1 Å². The zero-order valence-corrected chi connectivity index (χ0v) is 12.4. The number of ether oxygens (including phenoxy) is 1. The minimum Gasteiger partial charge on any atom is -0.493 e. The Kier molecular flexibility index (Phi) is 3.46. The number of fused-ring (bicyclic) bond motifs is 1. The van der Waals surface area contributed by atoms with Crippen molar-refractivity contribution < 1.29 is 4.74 Å². The monoisotopic (exact) mass is 321 g/mol. The predicted octanol–water partition coefficient (Wildman–Crippen LogP) is 3.51. The van der Waals surface area contributed by atoms with E-state index in [1.54, 1.807) is 4.68 Å². The lowest BCUT2D eigenvalue weighted by Crippen LogP contribution is -2.09. The molecule has 0 fully saturated rings. The molecule has 1 aliphatic heterocycles. The Bertz CT molecular complexity index is 582. The lowest BCUT2D eigenvalue weighted by Gasteiger charge is -2.18. The Morgan fingerprint density at radius 1 is 1.47 bits per heavy atom. The molecule has 4 nitrogen and oxygen atoms in total. The van der Waals surface area contributed by atoms with Crippen LogP contribution in [0.2, 0.25) is 0 Å². The second-order valence-corrected chi connectivity index (χ2v) is 5.69. The van der Waals surface area contributed by atoms with E-state index in [0.29, 0.717) is 0 Å². The van der Waals surface area contributed by atoms with Gasteiger partial charge in [-0.15, -0.1) is 0 Å². The van der Waals surface area contributed by atoms with Crippen LogP contribution in [0.15, 0.2) is 35.1 Å². The number of benzene rings is 1. The average molecular weight is 322 g/mol. The molecule has 1 aromatic heterocycles. The van der Waals surface area contributed by atoms with Crippen molar-refractivity contribution in [1.29, 1.82) is 0 Å². The van der Waals surface area contributed by atoms with Gasteiger partial charge in [0.25, 0.3) is 0 Å². The summed E-state index contributed by atoms with van der Waals surface area (Å²) < 4.78 is 8.66. The summed E-state index contributed by atoms with van der Waals surface area (Å²) in [4.78, 5) is 0. The normalized spacial score (nSPS) is 18.3. The van der Waals surface area contributed by atoms with E-state index >= 15 is 0 Å². The number of aryl methyl sites for hydroxylation is 1. The summed E-state index contributed by atoms with van der Waals surface area (Å²) in [5.41, 5.74) is 2.26.